The Morgan fingerprint density at radius 1 is 1.33 bits per heavy atom. The second kappa shape index (κ2) is 6.26. The number of methoxy groups -OCH3 is 1. The molecule has 0 aliphatic carbocycles. The van der Waals surface area contributed by atoms with Crippen molar-refractivity contribution in [2.24, 2.45) is 0 Å². The standard InChI is InChI=1S/C7H8O3S.K/c1-10-6-2-4-7(5-3-6)11(8)9;/h2-5H,1H3,(H,8,9);/q;+1/p-1. The Morgan fingerprint density at radius 2 is 1.83 bits per heavy atom. The van der Waals surface area contributed by atoms with E-state index in [2.05, 4.69) is 0 Å². The van der Waals surface area contributed by atoms with Gasteiger partial charge in [0.05, 0.1) is 7.11 Å². The van der Waals surface area contributed by atoms with Gasteiger partial charge >= 0.3 is 51.4 Å². The van der Waals surface area contributed by atoms with E-state index < -0.39 is 11.1 Å². The van der Waals surface area contributed by atoms with Crippen molar-refractivity contribution in [3.8, 4) is 5.75 Å². The van der Waals surface area contributed by atoms with Gasteiger partial charge in [-0.15, -0.1) is 0 Å². The van der Waals surface area contributed by atoms with Gasteiger partial charge in [-0.25, -0.2) is 0 Å². The maximum Gasteiger partial charge on any atom is 1.00 e. The Bertz CT molecular complexity index is 260. The first kappa shape index (κ1) is 12.8. The summed E-state index contributed by atoms with van der Waals surface area (Å²) in [6.07, 6.45) is 0. The molecule has 0 aliphatic heterocycles. The molecule has 1 aromatic rings. The molecule has 0 saturated heterocycles. The summed E-state index contributed by atoms with van der Waals surface area (Å²) in [7, 11) is 1.53. The first-order valence-corrected chi connectivity index (χ1v) is 4.05. The SMILES string of the molecule is COc1ccc(S(=O)[O-])cc1.[K+]. The molecule has 0 fully saturated rings. The zero-order chi connectivity index (χ0) is 8.27. The van der Waals surface area contributed by atoms with Gasteiger partial charge in [-0.1, -0.05) is 0 Å². The van der Waals surface area contributed by atoms with E-state index in [1.165, 1.54) is 19.2 Å². The molecule has 1 aromatic carbocycles. The van der Waals surface area contributed by atoms with E-state index in [1.54, 1.807) is 12.1 Å². The predicted molar refractivity (Wildman–Crippen MR) is 40.2 cm³/mol. The van der Waals surface area contributed by atoms with Crippen LogP contribution in [0.15, 0.2) is 29.2 Å². The van der Waals surface area contributed by atoms with Crippen LogP contribution in [-0.2, 0) is 11.1 Å². The molecule has 0 amide bonds. The molecule has 0 aromatic heterocycles. The van der Waals surface area contributed by atoms with Gasteiger partial charge in [0.15, 0.2) is 0 Å². The Morgan fingerprint density at radius 3 is 2.17 bits per heavy atom. The zero-order valence-corrected chi connectivity index (χ0v) is 10.9. The monoisotopic (exact) mass is 210 g/mol. The van der Waals surface area contributed by atoms with Crippen molar-refractivity contribution in [3.05, 3.63) is 24.3 Å². The molecule has 3 nitrogen and oxygen atoms in total. The van der Waals surface area contributed by atoms with Gasteiger partial charge in [0.1, 0.15) is 5.75 Å². The topological polar surface area (TPSA) is 49.4 Å². The summed E-state index contributed by atoms with van der Waals surface area (Å²) >= 11 is -2.14. The summed E-state index contributed by atoms with van der Waals surface area (Å²) < 4.78 is 25.6. The van der Waals surface area contributed by atoms with Crippen molar-refractivity contribution in [1.82, 2.24) is 0 Å². The molecule has 1 unspecified atom stereocenters. The van der Waals surface area contributed by atoms with Crippen LogP contribution in [0.2, 0.25) is 0 Å². The fourth-order valence-corrected chi connectivity index (χ4v) is 1.05. The van der Waals surface area contributed by atoms with Crippen LogP contribution in [0.5, 0.6) is 5.75 Å². The minimum absolute atomic E-state index is 0. The van der Waals surface area contributed by atoms with Crippen molar-refractivity contribution >= 4 is 11.1 Å². The molecule has 1 rings (SSSR count). The van der Waals surface area contributed by atoms with E-state index in [0.717, 1.165) is 0 Å². The van der Waals surface area contributed by atoms with Crippen molar-refractivity contribution in [3.63, 3.8) is 0 Å². The van der Waals surface area contributed by atoms with Crippen molar-refractivity contribution in [1.29, 1.82) is 0 Å². The molecule has 0 heterocycles. The maximum atomic E-state index is 10.4. The third kappa shape index (κ3) is 3.65. The molecular weight excluding hydrogens is 203 g/mol. The zero-order valence-electron chi connectivity index (χ0n) is 6.94. The molecule has 5 heteroatoms. The fourth-order valence-electron chi connectivity index (χ4n) is 0.687. The molecule has 0 bridgehead atoms. The second-order valence-electron chi connectivity index (χ2n) is 1.91. The van der Waals surface area contributed by atoms with Gasteiger partial charge < -0.3 is 9.29 Å². The van der Waals surface area contributed by atoms with Gasteiger partial charge in [-0.05, 0) is 35.3 Å². The third-order valence-corrected chi connectivity index (χ3v) is 1.91. The molecule has 12 heavy (non-hydrogen) atoms. The number of benzene rings is 1. The summed E-state index contributed by atoms with van der Waals surface area (Å²) in [5, 5.41) is 0. The number of ether oxygens (including phenoxy) is 1. The summed E-state index contributed by atoms with van der Waals surface area (Å²) in [6.45, 7) is 0. The molecule has 0 spiro atoms. The van der Waals surface area contributed by atoms with Crippen molar-refractivity contribution in [2.45, 2.75) is 4.90 Å². The molecular formula is C7H7KO3S. The van der Waals surface area contributed by atoms with E-state index in [4.69, 9.17) is 4.74 Å². The van der Waals surface area contributed by atoms with Crippen LogP contribution >= 0.6 is 0 Å². The maximum absolute atomic E-state index is 10.4. The van der Waals surface area contributed by atoms with E-state index in [1.807, 2.05) is 0 Å². The van der Waals surface area contributed by atoms with Crippen LogP contribution in [-0.4, -0.2) is 15.9 Å². The smallest absolute Gasteiger partial charge is 0.768 e. The molecule has 0 aliphatic rings. The van der Waals surface area contributed by atoms with E-state index >= 15 is 0 Å². The quantitative estimate of drug-likeness (QED) is 0.416. The summed E-state index contributed by atoms with van der Waals surface area (Å²) in [5.41, 5.74) is 0. The van der Waals surface area contributed by atoms with E-state index in [-0.39, 0.29) is 56.3 Å². The van der Waals surface area contributed by atoms with Crippen LogP contribution in [0.3, 0.4) is 0 Å². The third-order valence-electron chi connectivity index (χ3n) is 1.25. The Balaban J connectivity index is 0.00000121. The van der Waals surface area contributed by atoms with Crippen LogP contribution in [0.1, 0.15) is 0 Å². The van der Waals surface area contributed by atoms with Gasteiger partial charge in [0.25, 0.3) is 0 Å². The van der Waals surface area contributed by atoms with Crippen LogP contribution in [0, 0.1) is 0 Å². The second-order valence-corrected chi connectivity index (χ2v) is 2.85. The van der Waals surface area contributed by atoms with Crippen molar-refractivity contribution < 1.29 is 64.9 Å². The molecule has 0 radical (unpaired) electrons. The number of hydrogen-bond donors (Lipinski definition) is 0. The Labute approximate surface area is 116 Å². The number of rotatable bonds is 2. The molecule has 60 valence electrons. The summed E-state index contributed by atoms with van der Waals surface area (Å²) in [6, 6.07) is 6.18. The van der Waals surface area contributed by atoms with Crippen LogP contribution in [0.25, 0.3) is 0 Å². The van der Waals surface area contributed by atoms with E-state index in [0.29, 0.717) is 5.75 Å². The van der Waals surface area contributed by atoms with E-state index in [9.17, 15) is 8.76 Å². The number of hydrogen-bond acceptors (Lipinski definition) is 3. The molecule has 0 saturated carbocycles. The average Bonchev–Trinajstić information content (AvgIpc) is 2.05. The fraction of sp³-hybridized carbons (Fsp3) is 0.143. The van der Waals surface area contributed by atoms with Gasteiger partial charge in [0.2, 0.25) is 0 Å². The van der Waals surface area contributed by atoms with Crippen molar-refractivity contribution in [2.75, 3.05) is 7.11 Å². The summed E-state index contributed by atoms with van der Waals surface area (Å²) in [5.74, 6) is 0.652. The predicted octanol–water partition coefficient (Wildman–Crippen LogP) is -2.06. The largest absolute Gasteiger partial charge is 1.00 e. The Hall–Kier alpha value is 0.766. The average molecular weight is 210 g/mol. The molecule has 0 N–H and O–H groups in total. The van der Waals surface area contributed by atoms with Gasteiger partial charge in [-0.3, -0.25) is 4.21 Å². The minimum atomic E-state index is -2.14. The summed E-state index contributed by atoms with van der Waals surface area (Å²) in [4.78, 5) is 0.269. The van der Waals surface area contributed by atoms with Gasteiger partial charge in [0, 0.05) is 4.90 Å². The molecule has 1 atom stereocenters. The Kier molecular flexibility index (Phi) is 6.65. The van der Waals surface area contributed by atoms with Gasteiger partial charge in [-0.2, -0.15) is 0 Å². The minimum Gasteiger partial charge on any atom is -0.768 e. The first-order chi connectivity index (χ1) is 5.24. The van der Waals surface area contributed by atoms with Crippen LogP contribution in [0.4, 0.5) is 0 Å². The normalized spacial score (nSPS) is 11.5. The first-order valence-electron chi connectivity index (χ1n) is 2.97. The van der Waals surface area contributed by atoms with Crippen LogP contribution < -0.4 is 56.1 Å².